The van der Waals surface area contributed by atoms with Crippen LogP contribution >= 0.6 is 11.6 Å². The van der Waals surface area contributed by atoms with Crippen LogP contribution in [-0.2, 0) is 9.53 Å². The van der Waals surface area contributed by atoms with Crippen molar-refractivity contribution in [2.24, 2.45) is 0 Å². The van der Waals surface area contributed by atoms with Gasteiger partial charge in [0.1, 0.15) is 5.75 Å². The second-order valence-electron chi connectivity index (χ2n) is 4.12. The van der Waals surface area contributed by atoms with E-state index in [1.165, 1.54) is 0 Å². The molecular weight excluding hydrogens is 254 g/mol. The fraction of sp³-hybridized carbons (Fsp3) is 0.462. The number of hydrogen-bond donors (Lipinski definition) is 0. The highest BCUT2D eigenvalue weighted by Crippen LogP contribution is 2.16. The minimum absolute atomic E-state index is 0.0131. The van der Waals surface area contributed by atoms with Crippen LogP contribution in [0.1, 0.15) is 6.92 Å². The van der Waals surface area contributed by atoms with Gasteiger partial charge in [-0.2, -0.15) is 0 Å². The Balaban J connectivity index is 1.71. The Hall–Kier alpha value is -1.26. The largest absolute Gasteiger partial charge is 0.484 e. The number of hydrogen-bond acceptors (Lipinski definition) is 3. The zero-order valence-electron chi connectivity index (χ0n) is 10.3. The van der Waals surface area contributed by atoms with E-state index in [2.05, 4.69) is 0 Å². The van der Waals surface area contributed by atoms with E-state index in [-0.39, 0.29) is 18.6 Å². The molecule has 0 N–H and O–H groups in total. The van der Waals surface area contributed by atoms with Crippen LogP contribution < -0.4 is 4.74 Å². The normalized spacial score (nSPS) is 15.3. The van der Waals surface area contributed by atoms with Crippen LogP contribution in [0.4, 0.5) is 0 Å². The predicted molar refractivity (Wildman–Crippen MR) is 68.9 cm³/mol. The molecule has 1 saturated heterocycles. The molecule has 0 bridgehead atoms. The van der Waals surface area contributed by atoms with Gasteiger partial charge in [0.25, 0.3) is 5.91 Å². The van der Waals surface area contributed by atoms with Gasteiger partial charge in [-0.15, -0.1) is 0 Å². The average Bonchev–Trinajstić information content (AvgIpc) is 2.32. The maximum atomic E-state index is 11.7. The first-order chi connectivity index (χ1) is 8.69. The van der Waals surface area contributed by atoms with E-state index in [4.69, 9.17) is 21.1 Å². The van der Waals surface area contributed by atoms with Gasteiger partial charge in [0, 0.05) is 24.7 Å². The molecule has 98 valence electrons. The topological polar surface area (TPSA) is 38.8 Å². The van der Waals surface area contributed by atoms with Crippen LogP contribution in [0.3, 0.4) is 0 Å². The third-order valence-corrected chi connectivity index (χ3v) is 3.03. The Morgan fingerprint density at radius 2 is 2.06 bits per heavy atom. The lowest BCUT2D eigenvalue weighted by molar-refractivity contribution is -0.146. The number of likely N-dealkylation sites (tertiary alicyclic amines) is 1. The van der Waals surface area contributed by atoms with Crippen LogP contribution in [0, 0.1) is 0 Å². The van der Waals surface area contributed by atoms with E-state index in [0.717, 1.165) is 0 Å². The molecule has 1 heterocycles. The number of nitrogens with zero attached hydrogens (tertiary/aromatic N) is 1. The van der Waals surface area contributed by atoms with Gasteiger partial charge in [-0.1, -0.05) is 11.6 Å². The van der Waals surface area contributed by atoms with Gasteiger partial charge < -0.3 is 14.4 Å². The predicted octanol–water partition coefficient (Wildman–Crippen LogP) is 1.97. The second kappa shape index (κ2) is 6.07. The summed E-state index contributed by atoms with van der Waals surface area (Å²) in [6, 6.07) is 6.95. The van der Waals surface area contributed by atoms with Crippen LogP contribution in [0.15, 0.2) is 24.3 Å². The van der Waals surface area contributed by atoms with E-state index < -0.39 is 0 Å². The van der Waals surface area contributed by atoms with Crippen molar-refractivity contribution in [1.82, 2.24) is 4.90 Å². The van der Waals surface area contributed by atoms with Crippen molar-refractivity contribution >= 4 is 17.5 Å². The number of ether oxygens (including phenoxy) is 2. The molecule has 18 heavy (non-hydrogen) atoms. The van der Waals surface area contributed by atoms with Gasteiger partial charge >= 0.3 is 0 Å². The molecule has 2 rings (SSSR count). The quantitative estimate of drug-likeness (QED) is 0.820. The van der Waals surface area contributed by atoms with E-state index in [1.54, 1.807) is 29.2 Å². The molecule has 1 aromatic rings. The van der Waals surface area contributed by atoms with Gasteiger partial charge in [0.2, 0.25) is 0 Å². The first-order valence-corrected chi connectivity index (χ1v) is 6.34. The molecular formula is C13H16ClNO3. The number of carbonyl (C=O) groups is 1. The monoisotopic (exact) mass is 269 g/mol. The summed E-state index contributed by atoms with van der Waals surface area (Å²) >= 11 is 5.76. The van der Waals surface area contributed by atoms with Crippen molar-refractivity contribution in [2.45, 2.75) is 13.0 Å². The molecule has 1 aliphatic rings. The highest BCUT2D eigenvalue weighted by molar-refractivity contribution is 6.30. The van der Waals surface area contributed by atoms with E-state index in [0.29, 0.717) is 30.5 Å². The third-order valence-electron chi connectivity index (χ3n) is 2.78. The maximum Gasteiger partial charge on any atom is 0.260 e. The lowest BCUT2D eigenvalue weighted by Crippen LogP contribution is -2.56. The number of carbonyl (C=O) groups excluding carboxylic acids is 1. The highest BCUT2D eigenvalue weighted by Gasteiger charge is 2.30. The first kappa shape index (κ1) is 13.2. The van der Waals surface area contributed by atoms with Crippen LogP contribution in [0.25, 0.3) is 0 Å². The molecule has 0 atom stereocenters. The fourth-order valence-corrected chi connectivity index (χ4v) is 1.88. The van der Waals surface area contributed by atoms with Gasteiger partial charge in [-0.3, -0.25) is 4.79 Å². The summed E-state index contributed by atoms with van der Waals surface area (Å²) in [7, 11) is 0. The Labute approximate surface area is 111 Å². The molecule has 0 aromatic heterocycles. The minimum Gasteiger partial charge on any atom is -0.484 e. The summed E-state index contributed by atoms with van der Waals surface area (Å²) < 4.78 is 10.8. The molecule has 0 radical (unpaired) electrons. The summed E-state index contributed by atoms with van der Waals surface area (Å²) in [5.74, 6) is 0.635. The summed E-state index contributed by atoms with van der Waals surface area (Å²) in [6.45, 7) is 4.02. The third kappa shape index (κ3) is 3.37. The Morgan fingerprint density at radius 3 is 2.67 bits per heavy atom. The summed E-state index contributed by atoms with van der Waals surface area (Å²) in [4.78, 5) is 13.5. The van der Waals surface area contributed by atoms with Crippen molar-refractivity contribution in [3.05, 3.63) is 29.3 Å². The Kier molecular flexibility index (Phi) is 4.44. The number of rotatable bonds is 5. The van der Waals surface area contributed by atoms with Crippen LogP contribution in [0.2, 0.25) is 5.02 Å². The van der Waals surface area contributed by atoms with Crippen molar-refractivity contribution in [1.29, 1.82) is 0 Å². The smallest absolute Gasteiger partial charge is 0.260 e. The van der Waals surface area contributed by atoms with Gasteiger partial charge in [-0.05, 0) is 31.2 Å². The molecule has 0 aliphatic carbocycles. The lowest BCUT2D eigenvalue weighted by atomic mass is 10.1. The number of amides is 1. The van der Waals surface area contributed by atoms with Gasteiger partial charge in [-0.25, -0.2) is 0 Å². The molecule has 0 saturated carbocycles. The van der Waals surface area contributed by atoms with Crippen molar-refractivity contribution in [3.8, 4) is 5.75 Å². The number of halogens is 1. The van der Waals surface area contributed by atoms with E-state index in [9.17, 15) is 4.79 Å². The standard InChI is InChI=1S/C13H16ClNO3/c1-2-17-12-7-15(8-12)13(16)9-18-11-5-3-10(14)4-6-11/h3-6,12H,2,7-9H2,1H3. The molecule has 0 spiro atoms. The van der Waals surface area contributed by atoms with E-state index in [1.807, 2.05) is 6.92 Å². The Morgan fingerprint density at radius 1 is 1.39 bits per heavy atom. The highest BCUT2D eigenvalue weighted by atomic mass is 35.5. The van der Waals surface area contributed by atoms with Crippen LogP contribution in [-0.4, -0.2) is 43.2 Å². The van der Waals surface area contributed by atoms with Gasteiger partial charge in [0.05, 0.1) is 6.10 Å². The van der Waals surface area contributed by atoms with Crippen molar-refractivity contribution < 1.29 is 14.3 Å². The minimum atomic E-state index is -0.0131. The zero-order valence-corrected chi connectivity index (χ0v) is 11.0. The molecule has 5 heteroatoms. The molecule has 1 fully saturated rings. The number of benzene rings is 1. The van der Waals surface area contributed by atoms with Gasteiger partial charge in [0.15, 0.2) is 6.61 Å². The summed E-state index contributed by atoms with van der Waals surface area (Å²) in [6.07, 6.45) is 0.189. The van der Waals surface area contributed by atoms with Crippen molar-refractivity contribution in [2.75, 3.05) is 26.3 Å². The Bertz CT molecular complexity index is 401. The second-order valence-corrected chi connectivity index (χ2v) is 4.56. The molecule has 1 amide bonds. The first-order valence-electron chi connectivity index (χ1n) is 5.96. The SMILES string of the molecule is CCOC1CN(C(=O)COc2ccc(Cl)cc2)C1. The summed E-state index contributed by atoms with van der Waals surface area (Å²) in [5.41, 5.74) is 0. The molecule has 4 nitrogen and oxygen atoms in total. The lowest BCUT2D eigenvalue weighted by Gasteiger charge is -2.38. The maximum absolute atomic E-state index is 11.7. The van der Waals surface area contributed by atoms with E-state index >= 15 is 0 Å². The average molecular weight is 270 g/mol. The molecule has 0 unspecified atom stereocenters. The summed E-state index contributed by atoms with van der Waals surface area (Å²) in [5, 5.41) is 0.649. The van der Waals surface area contributed by atoms with Crippen LogP contribution in [0.5, 0.6) is 5.75 Å². The zero-order chi connectivity index (χ0) is 13.0. The van der Waals surface area contributed by atoms with Crippen molar-refractivity contribution in [3.63, 3.8) is 0 Å². The molecule has 1 aromatic carbocycles. The molecule has 1 aliphatic heterocycles. The fourth-order valence-electron chi connectivity index (χ4n) is 1.75.